The second-order valence-electron chi connectivity index (χ2n) is 6.31. The normalized spacial score (nSPS) is 24.7. The number of rotatable bonds is 3. The molecule has 1 aliphatic rings. The average molecular weight is 257 g/mol. The van der Waals surface area contributed by atoms with Crippen LogP contribution in [0.3, 0.4) is 0 Å². The highest BCUT2D eigenvalue weighted by atomic mass is 16.6. The first-order chi connectivity index (χ1) is 8.20. The Morgan fingerprint density at radius 2 is 2.06 bits per heavy atom. The summed E-state index contributed by atoms with van der Waals surface area (Å²) in [7, 11) is 4.10. The number of nitrogens with two attached hydrogens (primary N) is 1. The molecule has 0 radical (unpaired) electrons. The Bertz CT molecular complexity index is 299. The molecule has 5 heteroatoms. The van der Waals surface area contributed by atoms with E-state index in [4.69, 9.17) is 10.5 Å². The SMILES string of the molecule is CN(C)C1(CCN)CCN(C(=O)OC(C)(C)C)C1. The Hall–Kier alpha value is -0.810. The molecular weight excluding hydrogens is 230 g/mol. The predicted molar refractivity (Wildman–Crippen MR) is 72.5 cm³/mol. The van der Waals surface area contributed by atoms with Gasteiger partial charge in [0.2, 0.25) is 0 Å². The van der Waals surface area contributed by atoms with Crippen LogP contribution in [0, 0.1) is 0 Å². The van der Waals surface area contributed by atoms with Gasteiger partial charge in [-0.3, -0.25) is 0 Å². The van der Waals surface area contributed by atoms with Crippen molar-refractivity contribution in [2.24, 2.45) is 5.73 Å². The van der Waals surface area contributed by atoms with Crippen molar-refractivity contribution in [3.05, 3.63) is 0 Å². The number of ether oxygens (including phenoxy) is 1. The standard InChI is InChI=1S/C13H27N3O2/c1-12(2,3)18-11(17)16-9-7-13(10-16,6-8-14)15(4)5/h6-10,14H2,1-5H3. The van der Waals surface area contributed by atoms with Crippen LogP contribution in [-0.2, 0) is 4.74 Å². The monoisotopic (exact) mass is 257 g/mol. The Balaban J connectivity index is 2.66. The highest BCUT2D eigenvalue weighted by Gasteiger charge is 2.42. The molecule has 1 rings (SSSR count). The lowest BCUT2D eigenvalue weighted by atomic mass is 9.93. The number of hydrogen-bond acceptors (Lipinski definition) is 4. The van der Waals surface area contributed by atoms with Gasteiger partial charge < -0.3 is 20.3 Å². The maximum atomic E-state index is 12.0. The molecule has 0 aromatic heterocycles. The van der Waals surface area contributed by atoms with Crippen LogP contribution < -0.4 is 5.73 Å². The van der Waals surface area contributed by atoms with Crippen molar-refractivity contribution in [1.29, 1.82) is 0 Å². The van der Waals surface area contributed by atoms with Gasteiger partial charge in [0.05, 0.1) is 0 Å². The number of likely N-dealkylation sites (N-methyl/N-ethyl adjacent to an activating group) is 1. The molecule has 1 aliphatic heterocycles. The maximum absolute atomic E-state index is 12.0. The third-order valence-electron chi connectivity index (χ3n) is 3.54. The largest absolute Gasteiger partial charge is 0.444 e. The van der Waals surface area contributed by atoms with E-state index in [0.29, 0.717) is 13.1 Å². The first kappa shape index (κ1) is 15.2. The molecule has 1 heterocycles. The third-order valence-corrected chi connectivity index (χ3v) is 3.54. The number of amides is 1. The zero-order valence-electron chi connectivity index (χ0n) is 12.3. The molecule has 1 saturated heterocycles. The molecule has 0 aliphatic carbocycles. The van der Waals surface area contributed by atoms with Crippen LogP contribution in [-0.4, -0.2) is 60.8 Å². The van der Waals surface area contributed by atoms with E-state index in [1.807, 2.05) is 34.9 Å². The van der Waals surface area contributed by atoms with Gasteiger partial charge in [-0.15, -0.1) is 0 Å². The first-order valence-electron chi connectivity index (χ1n) is 6.56. The summed E-state index contributed by atoms with van der Waals surface area (Å²) in [6, 6.07) is 0. The van der Waals surface area contributed by atoms with Crippen LogP contribution in [0.1, 0.15) is 33.6 Å². The van der Waals surface area contributed by atoms with Gasteiger partial charge in [-0.05, 0) is 54.3 Å². The lowest BCUT2D eigenvalue weighted by Gasteiger charge is -2.36. The van der Waals surface area contributed by atoms with E-state index >= 15 is 0 Å². The van der Waals surface area contributed by atoms with Gasteiger partial charge in [-0.25, -0.2) is 4.79 Å². The molecule has 0 spiro atoms. The molecule has 0 aromatic rings. The summed E-state index contributed by atoms with van der Waals surface area (Å²) in [6.45, 7) is 7.75. The molecular formula is C13H27N3O2. The van der Waals surface area contributed by atoms with Crippen molar-refractivity contribution < 1.29 is 9.53 Å². The second kappa shape index (κ2) is 5.45. The summed E-state index contributed by atoms with van der Waals surface area (Å²) >= 11 is 0. The molecule has 106 valence electrons. The lowest BCUT2D eigenvalue weighted by molar-refractivity contribution is 0.0257. The van der Waals surface area contributed by atoms with E-state index in [9.17, 15) is 4.79 Å². The molecule has 2 N–H and O–H groups in total. The van der Waals surface area contributed by atoms with Crippen molar-refractivity contribution in [2.45, 2.75) is 44.8 Å². The minimum Gasteiger partial charge on any atom is -0.444 e. The fourth-order valence-corrected chi connectivity index (χ4v) is 2.40. The van der Waals surface area contributed by atoms with E-state index in [-0.39, 0.29) is 11.6 Å². The molecule has 1 fully saturated rings. The predicted octanol–water partition coefficient (Wildman–Crippen LogP) is 1.28. The van der Waals surface area contributed by atoms with Gasteiger partial charge in [-0.2, -0.15) is 0 Å². The van der Waals surface area contributed by atoms with E-state index in [1.165, 1.54) is 0 Å². The number of likely N-dealkylation sites (tertiary alicyclic amines) is 1. The van der Waals surface area contributed by atoms with Gasteiger partial charge in [0.1, 0.15) is 5.60 Å². The van der Waals surface area contributed by atoms with Crippen molar-refractivity contribution in [2.75, 3.05) is 33.7 Å². The minimum absolute atomic E-state index is 0.00561. The van der Waals surface area contributed by atoms with Crippen molar-refractivity contribution in [3.63, 3.8) is 0 Å². The molecule has 18 heavy (non-hydrogen) atoms. The summed E-state index contributed by atoms with van der Waals surface area (Å²) in [5.41, 5.74) is 5.26. The number of carbonyl (C=O) groups is 1. The number of hydrogen-bond donors (Lipinski definition) is 1. The number of nitrogens with zero attached hydrogens (tertiary/aromatic N) is 2. The molecule has 0 aromatic carbocycles. The first-order valence-corrected chi connectivity index (χ1v) is 6.56. The molecule has 5 nitrogen and oxygen atoms in total. The Morgan fingerprint density at radius 3 is 2.50 bits per heavy atom. The van der Waals surface area contributed by atoms with E-state index < -0.39 is 5.60 Å². The van der Waals surface area contributed by atoms with Crippen LogP contribution in [0.5, 0.6) is 0 Å². The summed E-state index contributed by atoms with van der Waals surface area (Å²) in [5.74, 6) is 0. The summed E-state index contributed by atoms with van der Waals surface area (Å²) in [6.07, 6.45) is 1.64. The fraction of sp³-hybridized carbons (Fsp3) is 0.923. The molecule has 0 saturated carbocycles. The van der Waals surface area contributed by atoms with Crippen molar-refractivity contribution >= 4 is 6.09 Å². The lowest BCUT2D eigenvalue weighted by Crippen LogP contribution is -2.49. The summed E-state index contributed by atoms with van der Waals surface area (Å²) in [4.78, 5) is 16.0. The van der Waals surface area contributed by atoms with E-state index in [0.717, 1.165) is 19.4 Å². The third kappa shape index (κ3) is 3.59. The van der Waals surface area contributed by atoms with Crippen LogP contribution in [0.4, 0.5) is 4.79 Å². The molecule has 1 unspecified atom stereocenters. The van der Waals surface area contributed by atoms with Crippen molar-refractivity contribution in [3.8, 4) is 0 Å². The second-order valence-corrected chi connectivity index (χ2v) is 6.31. The van der Waals surface area contributed by atoms with Crippen LogP contribution in [0.2, 0.25) is 0 Å². The van der Waals surface area contributed by atoms with E-state index in [1.54, 1.807) is 4.90 Å². The average Bonchev–Trinajstić information content (AvgIpc) is 2.61. The maximum Gasteiger partial charge on any atom is 0.410 e. The topological polar surface area (TPSA) is 58.8 Å². The van der Waals surface area contributed by atoms with Gasteiger partial charge in [0.15, 0.2) is 0 Å². The van der Waals surface area contributed by atoms with Gasteiger partial charge >= 0.3 is 6.09 Å². The summed E-state index contributed by atoms with van der Waals surface area (Å²) in [5, 5.41) is 0. The Labute approximate surface area is 110 Å². The van der Waals surface area contributed by atoms with Gasteiger partial charge in [0.25, 0.3) is 0 Å². The van der Waals surface area contributed by atoms with Gasteiger partial charge in [-0.1, -0.05) is 0 Å². The highest BCUT2D eigenvalue weighted by molar-refractivity contribution is 5.68. The quantitative estimate of drug-likeness (QED) is 0.827. The Kier molecular flexibility index (Phi) is 4.61. The van der Waals surface area contributed by atoms with Crippen molar-refractivity contribution in [1.82, 2.24) is 9.80 Å². The fourth-order valence-electron chi connectivity index (χ4n) is 2.40. The molecule has 1 atom stereocenters. The van der Waals surface area contributed by atoms with Crippen LogP contribution in [0.15, 0.2) is 0 Å². The van der Waals surface area contributed by atoms with Crippen LogP contribution >= 0.6 is 0 Å². The Morgan fingerprint density at radius 1 is 1.44 bits per heavy atom. The number of carbonyl (C=O) groups excluding carboxylic acids is 1. The van der Waals surface area contributed by atoms with E-state index in [2.05, 4.69) is 4.90 Å². The van der Waals surface area contributed by atoms with Crippen LogP contribution in [0.25, 0.3) is 0 Å². The zero-order chi connectivity index (χ0) is 14.0. The highest BCUT2D eigenvalue weighted by Crippen LogP contribution is 2.30. The smallest absolute Gasteiger partial charge is 0.410 e. The minimum atomic E-state index is -0.436. The molecule has 1 amide bonds. The molecule has 0 bridgehead atoms. The zero-order valence-corrected chi connectivity index (χ0v) is 12.3. The summed E-state index contributed by atoms with van der Waals surface area (Å²) < 4.78 is 5.41. The van der Waals surface area contributed by atoms with Gasteiger partial charge in [0, 0.05) is 18.6 Å².